The maximum atomic E-state index is 13.0. The Balaban J connectivity index is 1.47. The fourth-order valence-electron chi connectivity index (χ4n) is 3.46. The number of hydrazine groups is 1. The summed E-state index contributed by atoms with van der Waals surface area (Å²) < 4.78 is 6.46. The van der Waals surface area contributed by atoms with Crippen molar-refractivity contribution in [2.24, 2.45) is 5.92 Å². The summed E-state index contributed by atoms with van der Waals surface area (Å²) in [7, 11) is 0. The molecule has 0 radical (unpaired) electrons. The Morgan fingerprint density at radius 2 is 1.90 bits per heavy atom. The van der Waals surface area contributed by atoms with Gasteiger partial charge in [0.25, 0.3) is 11.8 Å². The molecule has 2 N–H and O–H groups in total. The maximum Gasteiger partial charge on any atom is 0.276 e. The van der Waals surface area contributed by atoms with Crippen LogP contribution in [0, 0.1) is 5.92 Å². The summed E-state index contributed by atoms with van der Waals surface area (Å²) in [4.78, 5) is 25.6. The van der Waals surface area contributed by atoms with E-state index >= 15 is 0 Å². The number of hydrogen-bond acceptors (Lipinski definition) is 4. The monoisotopic (exact) mass is 467 g/mol. The molecular formula is C23H22BrN3O3. The third kappa shape index (κ3) is 4.11. The van der Waals surface area contributed by atoms with E-state index in [2.05, 4.69) is 26.7 Å². The lowest BCUT2D eigenvalue weighted by atomic mass is 10.0. The zero-order valence-electron chi connectivity index (χ0n) is 16.7. The van der Waals surface area contributed by atoms with Crippen molar-refractivity contribution in [3.8, 4) is 5.75 Å². The van der Waals surface area contributed by atoms with Gasteiger partial charge in [-0.25, -0.2) is 5.01 Å². The predicted octanol–water partition coefficient (Wildman–Crippen LogP) is 4.56. The third-order valence-corrected chi connectivity index (χ3v) is 5.47. The molecule has 0 aromatic heterocycles. The first-order valence-corrected chi connectivity index (χ1v) is 10.5. The Morgan fingerprint density at radius 3 is 2.67 bits per heavy atom. The van der Waals surface area contributed by atoms with Crippen molar-refractivity contribution in [3.63, 3.8) is 0 Å². The van der Waals surface area contributed by atoms with E-state index in [0.29, 0.717) is 11.3 Å². The molecular weight excluding hydrogens is 446 g/mol. The highest BCUT2D eigenvalue weighted by molar-refractivity contribution is 9.10. The van der Waals surface area contributed by atoms with Crippen LogP contribution in [0.3, 0.4) is 0 Å². The number of ether oxygens (including phenoxy) is 1. The van der Waals surface area contributed by atoms with Crippen molar-refractivity contribution < 1.29 is 14.3 Å². The van der Waals surface area contributed by atoms with Crippen LogP contribution in [0.2, 0.25) is 0 Å². The number of carbonyl (C=O) groups is 2. The number of nitrogens with one attached hydrogen (secondary N) is 2. The molecule has 3 aromatic rings. The molecule has 7 heteroatoms. The molecule has 3 aromatic carbocycles. The first-order chi connectivity index (χ1) is 14.4. The maximum absolute atomic E-state index is 13.0. The number of benzene rings is 3. The number of hydrogen-bond donors (Lipinski definition) is 2. The molecule has 6 nitrogen and oxygen atoms in total. The minimum Gasteiger partial charge on any atom is -0.484 e. The van der Waals surface area contributed by atoms with E-state index in [-0.39, 0.29) is 24.6 Å². The van der Waals surface area contributed by atoms with Crippen LogP contribution in [-0.4, -0.2) is 29.6 Å². The van der Waals surface area contributed by atoms with Crippen molar-refractivity contribution >= 4 is 44.2 Å². The Bertz CT molecular complexity index is 1120. The summed E-state index contributed by atoms with van der Waals surface area (Å²) in [5.41, 5.74) is 3.96. The smallest absolute Gasteiger partial charge is 0.276 e. The summed E-state index contributed by atoms with van der Waals surface area (Å²) in [6.45, 7) is 3.78. The fourth-order valence-corrected chi connectivity index (χ4v) is 3.82. The number of halogens is 1. The van der Waals surface area contributed by atoms with E-state index in [1.165, 1.54) is 5.01 Å². The van der Waals surface area contributed by atoms with E-state index in [0.717, 1.165) is 20.9 Å². The number of amides is 2. The molecule has 1 atom stereocenters. The molecule has 0 bridgehead atoms. The van der Waals surface area contributed by atoms with Crippen LogP contribution in [0.15, 0.2) is 65.1 Å². The first-order valence-electron chi connectivity index (χ1n) is 9.73. The standard InChI is InChI=1S/C23H22BrN3O3/c1-14(2)22-25-20-10-8-17(24)12-19(20)23(29)27(22)26-21(28)13-30-18-9-7-15-5-3-4-6-16(15)11-18/h3-12,14,22,25H,13H2,1-2H3,(H,26,28). The van der Waals surface area contributed by atoms with Gasteiger partial charge in [0.2, 0.25) is 0 Å². The van der Waals surface area contributed by atoms with Gasteiger partial charge in [-0.05, 0) is 47.0 Å². The summed E-state index contributed by atoms with van der Waals surface area (Å²) in [6, 6.07) is 19.1. The molecule has 2 amide bonds. The summed E-state index contributed by atoms with van der Waals surface area (Å²) in [5, 5.41) is 6.82. The van der Waals surface area contributed by atoms with Gasteiger partial charge in [-0.1, -0.05) is 60.1 Å². The zero-order chi connectivity index (χ0) is 21.3. The second kappa shape index (κ2) is 8.36. The summed E-state index contributed by atoms with van der Waals surface area (Å²) >= 11 is 3.39. The second-order valence-electron chi connectivity index (χ2n) is 7.53. The van der Waals surface area contributed by atoms with E-state index < -0.39 is 5.91 Å². The summed E-state index contributed by atoms with van der Waals surface area (Å²) in [6.07, 6.45) is -0.365. The van der Waals surface area contributed by atoms with E-state index in [9.17, 15) is 9.59 Å². The van der Waals surface area contributed by atoms with Gasteiger partial charge < -0.3 is 10.1 Å². The molecule has 0 spiro atoms. The second-order valence-corrected chi connectivity index (χ2v) is 8.45. The molecule has 1 unspecified atom stereocenters. The molecule has 0 aliphatic carbocycles. The number of rotatable bonds is 5. The molecule has 0 fully saturated rings. The molecule has 1 heterocycles. The lowest BCUT2D eigenvalue weighted by Crippen LogP contribution is -2.59. The highest BCUT2D eigenvalue weighted by atomic mass is 79.9. The minimum atomic E-state index is -0.401. The highest BCUT2D eigenvalue weighted by Gasteiger charge is 2.35. The quantitative estimate of drug-likeness (QED) is 0.576. The van der Waals surface area contributed by atoms with Crippen molar-refractivity contribution in [2.75, 3.05) is 11.9 Å². The van der Waals surface area contributed by atoms with Crippen LogP contribution in [0.25, 0.3) is 10.8 Å². The van der Waals surface area contributed by atoms with Crippen LogP contribution in [0.4, 0.5) is 5.69 Å². The van der Waals surface area contributed by atoms with Gasteiger partial charge >= 0.3 is 0 Å². The van der Waals surface area contributed by atoms with Crippen LogP contribution < -0.4 is 15.5 Å². The number of fused-ring (bicyclic) bond motifs is 2. The molecule has 30 heavy (non-hydrogen) atoms. The van der Waals surface area contributed by atoms with Crippen molar-refractivity contribution in [1.82, 2.24) is 10.4 Å². The van der Waals surface area contributed by atoms with Crippen LogP contribution in [-0.2, 0) is 4.79 Å². The largest absolute Gasteiger partial charge is 0.484 e. The molecule has 1 aliphatic rings. The van der Waals surface area contributed by atoms with Crippen LogP contribution in [0.1, 0.15) is 24.2 Å². The third-order valence-electron chi connectivity index (χ3n) is 4.98. The molecule has 0 saturated carbocycles. The van der Waals surface area contributed by atoms with Gasteiger partial charge in [-0.3, -0.25) is 15.0 Å². The molecule has 1 aliphatic heterocycles. The lowest BCUT2D eigenvalue weighted by molar-refractivity contribution is -0.128. The Morgan fingerprint density at radius 1 is 1.13 bits per heavy atom. The topological polar surface area (TPSA) is 70.7 Å². The molecule has 154 valence electrons. The Kier molecular flexibility index (Phi) is 5.63. The molecule has 0 saturated heterocycles. The van der Waals surface area contributed by atoms with E-state index in [1.807, 2.05) is 68.4 Å². The van der Waals surface area contributed by atoms with Gasteiger partial charge in [0.1, 0.15) is 11.9 Å². The normalized spacial score (nSPS) is 15.7. The number of nitrogens with zero attached hydrogens (tertiary/aromatic N) is 1. The van der Waals surface area contributed by atoms with Gasteiger partial charge in [-0.15, -0.1) is 0 Å². The lowest BCUT2D eigenvalue weighted by Gasteiger charge is -2.39. The van der Waals surface area contributed by atoms with Crippen molar-refractivity contribution in [2.45, 2.75) is 20.0 Å². The molecule has 4 rings (SSSR count). The number of carbonyl (C=O) groups excluding carboxylic acids is 2. The summed E-state index contributed by atoms with van der Waals surface area (Å²) in [5.74, 6) is 0.0132. The van der Waals surface area contributed by atoms with Gasteiger partial charge in [0.15, 0.2) is 6.61 Å². The first kappa shape index (κ1) is 20.2. The average molecular weight is 468 g/mol. The highest BCUT2D eigenvalue weighted by Crippen LogP contribution is 2.29. The van der Waals surface area contributed by atoms with Gasteiger partial charge in [0.05, 0.1) is 5.56 Å². The Labute approximate surface area is 183 Å². The predicted molar refractivity (Wildman–Crippen MR) is 120 cm³/mol. The van der Waals surface area contributed by atoms with Crippen LogP contribution >= 0.6 is 15.9 Å². The fraction of sp³-hybridized carbons (Fsp3) is 0.217. The van der Waals surface area contributed by atoms with Gasteiger partial charge in [0, 0.05) is 10.2 Å². The zero-order valence-corrected chi connectivity index (χ0v) is 18.3. The van der Waals surface area contributed by atoms with E-state index in [1.54, 1.807) is 6.07 Å². The minimum absolute atomic E-state index is 0.0763. The van der Waals surface area contributed by atoms with Crippen LogP contribution in [0.5, 0.6) is 5.75 Å². The number of anilines is 1. The average Bonchev–Trinajstić information content (AvgIpc) is 2.74. The van der Waals surface area contributed by atoms with Crippen molar-refractivity contribution in [3.05, 3.63) is 70.7 Å². The van der Waals surface area contributed by atoms with E-state index in [4.69, 9.17) is 4.74 Å². The van der Waals surface area contributed by atoms with Gasteiger partial charge in [-0.2, -0.15) is 0 Å². The van der Waals surface area contributed by atoms with Crippen molar-refractivity contribution in [1.29, 1.82) is 0 Å². The SMILES string of the molecule is CC(C)C1Nc2ccc(Br)cc2C(=O)N1NC(=O)COc1ccc2ccccc2c1. The Hall–Kier alpha value is -3.06.